The molecule has 1 unspecified atom stereocenters. The second-order valence-corrected chi connectivity index (χ2v) is 5.31. The molecular weight excluding hydrogens is 220 g/mol. The summed E-state index contributed by atoms with van der Waals surface area (Å²) >= 11 is 0. The van der Waals surface area contributed by atoms with Crippen molar-refractivity contribution in [2.24, 2.45) is 5.92 Å². The Hall–Kier alpha value is -1.36. The van der Waals surface area contributed by atoms with Gasteiger partial charge < -0.3 is 10.2 Å². The van der Waals surface area contributed by atoms with Crippen LogP contribution in [0, 0.1) is 5.92 Å². The van der Waals surface area contributed by atoms with E-state index in [0.29, 0.717) is 5.92 Å². The van der Waals surface area contributed by atoms with Crippen molar-refractivity contribution in [3.63, 3.8) is 0 Å². The highest BCUT2D eigenvalue weighted by Crippen LogP contribution is 2.27. The molecule has 0 aliphatic carbocycles. The Kier molecular flexibility index (Phi) is 3.93. The third-order valence-electron chi connectivity index (χ3n) is 2.85. The van der Waals surface area contributed by atoms with Crippen molar-refractivity contribution in [1.82, 2.24) is 9.78 Å². The Morgan fingerprint density at radius 3 is 2.59 bits per heavy atom. The number of carbonyl (C=O) groups is 1. The smallest absolute Gasteiger partial charge is 0.333 e. The maximum Gasteiger partial charge on any atom is 0.333 e. The van der Waals surface area contributed by atoms with Gasteiger partial charge in [-0.05, 0) is 11.5 Å². The lowest BCUT2D eigenvalue weighted by Crippen LogP contribution is -2.39. The maximum atomic E-state index is 10.8. The highest BCUT2D eigenvalue weighted by Gasteiger charge is 2.36. The van der Waals surface area contributed by atoms with Gasteiger partial charge in [0.15, 0.2) is 6.10 Å². The van der Waals surface area contributed by atoms with E-state index < -0.39 is 17.5 Å². The molecule has 2 N–H and O–H groups in total. The summed E-state index contributed by atoms with van der Waals surface area (Å²) < 4.78 is 1.77. The van der Waals surface area contributed by atoms with Crippen molar-refractivity contribution in [2.45, 2.75) is 45.8 Å². The highest BCUT2D eigenvalue weighted by molar-refractivity contribution is 5.74. The van der Waals surface area contributed by atoms with Crippen LogP contribution in [0.4, 0.5) is 0 Å². The van der Waals surface area contributed by atoms with Crippen molar-refractivity contribution in [3.8, 4) is 0 Å². The first-order valence-electron chi connectivity index (χ1n) is 5.69. The van der Waals surface area contributed by atoms with Gasteiger partial charge in [0, 0.05) is 18.2 Å². The van der Waals surface area contributed by atoms with Crippen LogP contribution in [-0.2, 0) is 16.8 Å². The van der Waals surface area contributed by atoms with Crippen molar-refractivity contribution >= 4 is 5.97 Å². The van der Waals surface area contributed by atoms with Crippen LogP contribution in [0.25, 0.3) is 0 Å². The first-order chi connectivity index (χ1) is 7.75. The zero-order valence-electron chi connectivity index (χ0n) is 10.7. The molecule has 0 amide bonds. The lowest BCUT2D eigenvalue weighted by atomic mass is 9.81. The molecule has 17 heavy (non-hydrogen) atoms. The normalized spacial score (nSPS) is 14.0. The average molecular weight is 240 g/mol. The molecule has 0 saturated carbocycles. The van der Waals surface area contributed by atoms with Gasteiger partial charge in [-0.2, -0.15) is 5.10 Å². The van der Waals surface area contributed by atoms with E-state index >= 15 is 0 Å². The molecule has 0 fully saturated rings. The van der Waals surface area contributed by atoms with Crippen LogP contribution in [0.1, 0.15) is 33.3 Å². The number of carboxylic acids is 1. The molecule has 96 valence electrons. The quantitative estimate of drug-likeness (QED) is 0.812. The first-order valence-corrected chi connectivity index (χ1v) is 5.69. The lowest BCUT2D eigenvalue weighted by molar-refractivity contribution is -0.150. The number of hydrogen-bond donors (Lipinski definition) is 2. The highest BCUT2D eigenvalue weighted by atomic mass is 16.4. The van der Waals surface area contributed by atoms with Crippen molar-refractivity contribution in [3.05, 3.63) is 18.0 Å². The van der Waals surface area contributed by atoms with Crippen LogP contribution >= 0.6 is 0 Å². The molecule has 1 aromatic rings. The molecule has 0 saturated heterocycles. The molecule has 5 heteroatoms. The van der Waals surface area contributed by atoms with Crippen LogP contribution in [0.2, 0.25) is 0 Å². The third-order valence-corrected chi connectivity index (χ3v) is 2.85. The predicted molar refractivity (Wildman–Crippen MR) is 63.7 cm³/mol. The van der Waals surface area contributed by atoms with E-state index in [1.165, 1.54) is 0 Å². The van der Waals surface area contributed by atoms with Gasteiger partial charge in [0.25, 0.3) is 0 Å². The topological polar surface area (TPSA) is 75.4 Å². The zero-order valence-corrected chi connectivity index (χ0v) is 10.7. The summed E-state index contributed by atoms with van der Waals surface area (Å²) in [5, 5.41) is 22.7. The summed E-state index contributed by atoms with van der Waals surface area (Å²) in [4.78, 5) is 10.8. The Morgan fingerprint density at radius 2 is 2.12 bits per heavy atom. The van der Waals surface area contributed by atoms with Crippen molar-refractivity contribution in [1.29, 1.82) is 0 Å². The SMILES string of the molecule is CC(C)Cn1cc(C(C)(C)C(O)C(=O)O)cn1. The lowest BCUT2D eigenvalue weighted by Gasteiger charge is -2.26. The molecule has 0 aliphatic heterocycles. The molecule has 1 aromatic heterocycles. The number of aliphatic hydroxyl groups excluding tert-OH is 1. The Morgan fingerprint density at radius 1 is 1.53 bits per heavy atom. The maximum absolute atomic E-state index is 10.8. The van der Waals surface area contributed by atoms with E-state index in [1.54, 1.807) is 30.9 Å². The zero-order chi connectivity index (χ0) is 13.2. The second-order valence-electron chi connectivity index (χ2n) is 5.31. The van der Waals surface area contributed by atoms with E-state index in [0.717, 1.165) is 12.1 Å². The van der Waals surface area contributed by atoms with E-state index in [-0.39, 0.29) is 0 Å². The number of carboxylic acid groups (broad SMARTS) is 1. The van der Waals surface area contributed by atoms with Gasteiger partial charge in [0.05, 0.1) is 6.20 Å². The number of aromatic nitrogens is 2. The fourth-order valence-corrected chi connectivity index (χ4v) is 1.64. The van der Waals surface area contributed by atoms with Crippen molar-refractivity contribution in [2.75, 3.05) is 0 Å². The summed E-state index contributed by atoms with van der Waals surface area (Å²) in [6.45, 7) is 8.33. The number of nitrogens with zero attached hydrogens (tertiary/aromatic N) is 2. The minimum Gasteiger partial charge on any atom is -0.479 e. The van der Waals surface area contributed by atoms with Crippen molar-refractivity contribution < 1.29 is 15.0 Å². The van der Waals surface area contributed by atoms with Gasteiger partial charge in [-0.3, -0.25) is 4.68 Å². The average Bonchev–Trinajstić information content (AvgIpc) is 2.64. The molecule has 0 aromatic carbocycles. The fourth-order valence-electron chi connectivity index (χ4n) is 1.64. The molecule has 1 rings (SSSR count). The minimum absolute atomic E-state index is 0.468. The van der Waals surface area contributed by atoms with Gasteiger partial charge >= 0.3 is 5.97 Å². The second kappa shape index (κ2) is 4.87. The molecule has 1 heterocycles. The van der Waals surface area contributed by atoms with E-state index in [4.69, 9.17) is 5.11 Å². The van der Waals surface area contributed by atoms with Gasteiger partial charge in [0.2, 0.25) is 0 Å². The summed E-state index contributed by atoms with van der Waals surface area (Å²) in [5.74, 6) is -0.748. The molecule has 0 radical (unpaired) electrons. The molecule has 0 spiro atoms. The standard InChI is InChI=1S/C12H20N2O3/c1-8(2)6-14-7-9(5-13-14)12(3,4)10(15)11(16)17/h5,7-8,10,15H,6H2,1-4H3,(H,16,17). The minimum atomic E-state index is -1.43. The number of hydrogen-bond acceptors (Lipinski definition) is 3. The van der Waals surface area contributed by atoms with Crippen LogP contribution in [0.3, 0.4) is 0 Å². The largest absolute Gasteiger partial charge is 0.479 e. The summed E-state index contributed by atoms with van der Waals surface area (Å²) in [5.41, 5.74) is -0.116. The van der Waals surface area contributed by atoms with Crippen LogP contribution < -0.4 is 0 Å². The number of rotatable bonds is 5. The Balaban J connectivity index is 2.92. The monoisotopic (exact) mass is 240 g/mol. The van der Waals surface area contributed by atoms with Crippen LogP contribution in [0.15, 0.2) is 12.4 Å². The molecule has 0 aliphatic rings. The Labute approximate surface area is 101 Å². The molecule has 5 nitrogen and oxygen atoms in total. The van der Waals surface area contributed by atoms with E-state index in [2.05, 4.69) is 18.9 Å². The molecule has 0 bridgehead atoms. The Bertz CT molecular complexity index is 396. The third kappa shape index (κ3) is 3.06. The summed E-state index contributed by atoms with van der Waals surface area (Å²) in [6.07, 6.45) is 1.99. The van der Waals surface area contributed by atoms with Crippen LogP contribution in [0.5, 0.6) is 0 Å². The molecule has 1 atom stereocenters. The first kappa shape index (κ1) is 13.7. The van der Waals surface area contributed by atoms with E-state index in [1.807, 2.05) is 0 Å². The fraction of sp³-hybridized carbons (Fsp3) is 0.667. The van der Waals surface area contributed by atoms with Gasteiger partial charge in [-0.1, -0.05) is 27.7 Å². The summed E-state index contributed by atoms with van der Waals surface area (Å²) in [7, 11) is 0. The van der Waals surface area contributed by atoms with Gasteiger partial charge in [-0.25, -0.2) is 4.79 Å². The number of aliphatic hydroxyl groups is 1. The van der Waals surface area contributed by atoms with Gasteiger partial charge in [-0.15, -0.1) is 0 Å². The van der Waals surface area contributed by atoms with E-state index in [9.17, 15) is 9.90 Å². The number of aliphatic carboxylic acids is 1. The van der Waals surface area contributed by atoms with Crippen LogP contribution in [-0.4, -0.2) is 32.1 Å². The predicted octanol–water partition coefficient (Wildman–Crippen LogP) is 1.26. The molecular formula is C12H20N2O3. The summed E-state index contributed by atoms with van der Waals surface area (Å²) in [6, 6.07) is 0. The van der Waals surface area contributed by atoms with Gasteiger partial charge in [0.1, 0.15) is 0 Å².